The Morgan fingerprint density at radius 1 is 0.955 bits per heavy atom. The summed E-state index contributed by atoms with van der Waals surface area (Å²) in [6, 6.07) is 19.9. The van der Waals surface area contributed by atoms with Crippen LogP contribution in [0.1, 0.15) is 43.5 Å². The van der Waals surface area contributed by atoms with Gasteiger partial charge in [-0.05, 0) is 22.9 Å². The summed E-state index contributed by atoms with van der Waals surface area (Å²) in [6.45, 7) is 3.98. The van der Waals surface area contributed by atoms with Gasteiger partial charge in [0.05, 0.1) is 12.1 Å². The van der Waals surface area contributed by atoms with Gasteiger partial charge in [0.15, 0.2) is 0 Å². The molecular weight excluding hydrogens is 294 g/mol. The Morgan fingerprint density at radius 3 is 2.00 bits per heavy atom. The monoisotopic (exact) mass is 313 g/mol. The molecule has 1 fully saturated rings. The molecule has 0 aromatic heterocycles. The molecule has 1 aliphatic heterocycles. The number of ketones is 1. The highest BCUT2D eigenvalue weighted by molar-refractivity contribution is 6.14. The van der Waals surface area contributed by atoms with E-state index in [-0.39, 0.29) is 17.9 Å². The number of nitrogens with zero attached hydrogens (tertiary/aromatic N) is 1. The SMILES string of the molecule is CC1(C)C(=O)CC(c2ccccc2)N(Cl)C1c1ccccc1. The summed E-state index contributed by atoms with van der Waals surface area (Å²) in [5.41, 5.74) is 1.66. The van der Waals surface area contributed by atoms with Crippen molar-refractivity contribution >= 4 is 17.6 Å². The highest BCUT2D eigenvalue weighted by Crippen LogP contribution is 2.50. The van der Waals surface area contributed by atoms with Gasteiger partial charge in [0.2, 0.25) is 0 Å². The van der Waals surface area contributed by atoms with Crippen molar-refractivity contribution < 1.29 is 4.79 Å². The van der Waals surface area contributed by atoms with Gasteiger partial charge in [-0.25, -0.2) is 4.42 Å². The lowest BCUT2D eigenvalue weighted by molar-refractivity contribution is -0.136. The third-order valence-corrected chi connectivity index (χ3v) is 5.06. The van der Waals surface area contributed by atoms with Gasteiger partial charge < -0.3 is 0 Å². The smallest absolute Gasteiger partial charge is 0.142 e. The second kappa shape index (κ2) is 5.86. The van der Waals surface area contributed by atoms with Crippen LogP contribution in [0.15, 0.2) is 60.7 Å². The van der Waals surface area contributed by atoms with Crippen molar-refractivity contribution in [2.45, 2.75) is 32.4 Å². The van der Waals surface area contributed by atoms with E-state index < -0.39 is 5.41 Å². The molecule has 3 heteroatoms. The van der Waals surface area contributed by atoms with Crippen LogP contribution in [0.3, 0.4) is 0 Å². The van der Waals surface area contributed by atoms with E-state index in [2.05, 4.69) is 0 Å². The van der Waals surface area contributed by atoms with E-state index in [1.165, 1.54) is 0 Å². The standard InChI is InChI=1S/C19H20ClNO/c1-19(2)17(22)13-16(14-9-5-3-6-10-14)21(20)18(19)15-11-7-4-8-12-15/h3-12,16,18H,13H2,1-2H3. The molecule has 3 rings (SSSR count). The quantitative estimate of drug-likeness (QED) is 0.733. The first kappa shape index (κ1) is 15.3. The Kier molecular flexibility index (Phi) is 4.07. The molecule has 0 amide bonds. The molecule has 2 atom stereocenters. The third kappa shape index (κ3) is 2.57. The van der Waals surface area contributed by atoms with Gasteiger partial charge in [-0.1, -0.05) is 74.5 Å². The lowest BCUT2D eigenvalue weighted by Gasteiger charge is -2.46. The number of benzene rings is 2. The summed E-state index contributed by atoms with van der Waals surface area (Å²) < 4.78 is 1.84. The van der Waals surface area contributed by atoms with Gasteiger partial charge >= 0.3 is 0 Å². The van der Waals surface area contributed by atoms with Crippen molar-refractivity contribution in [3.05, 3.63) is 71.8 Å². The van der Waals surface area contributed by atoms with E-state index in [0.29, 0.717) is 6.42 Å². The second-order valence-corrected chi connectivity index (χ2v) is 6.82. The van der Waals surface area contributed by atoms with Crippen LogP contribution in [0.2, 0.25) is 0 Å². The molecule has 2 aromatic rings. The molecule has 22 heavy (non-hydrogen) atoms. The Labute approximate surface area is 136 Å². The average Bonchev–Trinajstić information content (AvgIpc) is 2.53. The van der Waals surface area contributed by atoms with E-state index in [1.54, 1.807) is 0 Å². The first-order valence-corrected chi connectivity index (χ1v) is 7.93. The van der Waals surface area contributed by atoms with Crippen LogP contribution in [-0.2, 0) is 4.79 Å². The minimum absolute atomic E-state index is 0.0893. The minimum atomic E-state index is -0.506. The first-order valence-electron chi connectivity index (χ1n) is 7.59. The molecule has 2 nitrogen and oxygen atoms in total. The molecule has 1 saturated heterocycles. The fourth-order valence-corrected chi connectivity index (χ4v) is 3.83. The largest absolute Gasteiger partial charge is 0.299 e. The maximum atomic E-state index is 12.7. The van der Waals surface area contributed by atoms with Crippen molar-refractivity contribution in [3.8, 4) is 0 Å². The number of Topliss-reactive ketones (excluding diaryl/α,β-unsaturated/α-hetero) is 1. The van der Waals surface area contributed by atoms with Crippen LogP contribution in [0.25, 0.3) is 0 Å². The fraction of sp³-hybridized carbons (Fsp3) is 0.316. The second-order valence-electron chi connectivity index (χ2n) is 6.43. The molecule has 0 bridgehead atoms. The van der Waals surface area contributed by atoms with Crippen molar-refractivity contribution in [2.24, 2.45) is 5.41 Å². The summed E-state index contributed by atoms with van der Waals surface area (Å²) in [4.78, 5) is 12.7. The van der Waals surface area contributed by atoms with Crippen LogP contribution in [0.4, 0.5) is 0 Å². The zero-order chi connectivity index (χ0) is 15.7. The van der Waals surface area contributed by atoms with Crippen LogP contribution < -0.4 is 0 Å². The zero-order valence-corrected chi connectivity index (χ0v) is 13.6. The van der Waals surface area contributed by atoms with Gasteiger partial charge in [-0.2, -0.15) is 0 Å². The Morgan fingerprint density at radius 2 is 1.45 bits per heavy atom. The average molecular weight is 314 g/mol. The van der Waals surface area contributed by atoms with Gasteiger partial charge in [-0.3, -0.25) is 4.79 Å². The summed E-state index contributed by atoms with van der Waals surface area (Å²) in [7, 11) is 0. The normalized spacial score (nSPS) is 25.1. The summed E-state index contributed by atoms with van der Waals surface area (Å²) in [6.07, 6.45) is 0.448. The Bertz CT molecular complexity index is 654. The van der Waals surface area contributed by atoms with Crippen LogP contribution in [-0.4, -0.2) is 10.2 Å². The van der Waals surface area contributed by atoms with E-state index >= 15 is 0 Å². The van der Waals surface area contributed by atoms with Crippen molar-refractivity contribution in [3.63, 3.8) is 0 Å². The summed E-state index contributed by atoms with van der Waals surface area (Å²) >= 11 is 6.75. The number of hydrogen-bond donors (Lipinski definition) is 0. The predicted octanol–water partition coefficient (Wildman–Crippen LogP) is 4.92. The van der Waals surface area contributed by atoms with E-state index in [0.717, 1.165) is 11.1 Å². The van der Waals surface area contributed by atoms with Crippen molar-refractivity contribution in [1.29, 1.82) is 0 Å². The molecule has 1 heterocycles. The number of carbonyl (C=O) groups excluding carboxylic acids is 1. The topological polar surface area (TPSA) is 20.3 Å². The molecule has 0 spiro atoms. The molecule has 0 aliphatic carbocycles. The van der Waals surface area contributed by atoms with Crippen LogP contribution in [0.5, 0.6) is 0 Å². The molecule has 0 radical (unpaired) electrons. The molecular formula is C19H20ClNO. The van der Waals surface area contributed by atoms with Gasteiger partial charge in [0.1, 0.15) is 5.78 Å². The third-order valence-electron chi connectivity index (χ3n) is 4.63. The molecule has 0 N–H and O–H groups in total. The van der Waals surface area contributed by atoms with E-state index in [1.807, 2.05) is 78.9 Å². The molecule has 0 saturated carbocycles. The van der Waals surface area contributed by atoms with Crippen LogP contribution in [0, 0.1) is 5.41 Å². The number of hydrogen-bond acceptors (Lipinski definition) is 2. The number of rotatable bonds is 2. The molecule has 1 aliphatic rings. The summed E-state index contributed by atoms with van der Waals surface area (Å²) in [5.74, 6) is 0.257. The van der Waals surface area contributed by atoms with Gasteiger partial charge in [0, 0.05) is 11.8 Å². The zero-order valence-electron chi connectivity index (χ0n) is 12.9. The Hall–Kier alpha value is -1.64. The van der Waals surface area contributed by atoms with E-state index in [9.17, 15) is 4.79 Å². The molecule has 2 aromatic carbocycles. The predicted molar refractivity (Wildman–Crippen MR) is 89.5 cm³/mol. The van der Waals surface area contributed by atoms with Crippen molar-refractivity contribution in [1.82, 2.24) is 4.42 Å². The van der Waals surface area contributed by atoms with Crippen molar-refractivity contribution in [2.75, 3.05) is 0 Å². The van der Waals surface area contributed by atoms with Gasteiger partial charge in [0.25, 0.3) is 0 Å². The minimum Gasteiger partial charge on any atom is -0.299 e. The Balaban J connectivity index is 2.04. The fourth-order valence-electron chi connectivity index (χ4n) is 3.30. The number of carbonyl (C=O) groups is 1. The first-order chi connectivity index (χ1) is 10.5. The van der Waals surface area contributed by atoms with Gasteiger partial charge in [-0.15, -0.1) is 0 Å². The highest BCUT2D eigenvalue weighted by Gasteiger charge is 2.48. The lowest BCUT2D eigenvalue weighted by Crippen LogP contribution is -2.46. The summed E-state index contributed by atoms with van der Waals surface area (Å²) in [5, 5.41) is 0. The maximum Gasteiger partial charge on any atom is 0.142 e. The molecule has 2 unspecified atom stereocenters. The number of piperidine rings is 1. The van der Waals surface area contributed by atoms with Crippen LogP contribution >= 0.6 is 11.8 Å². The van der Waals surface area contributed by atoms with E-state index in [4.69, 9.17) is 11.8 Å². The molecule has 114 valence electrons. The highest BCUT2D eigenvalue weighted by atomic mass is 35.5. The number of halogens is 1. The lowest BCUT2D eigenvalue weighted by atomic mass is 9.71. The maximum absolute atomic E-state index is 12.7.